The number of likely N-dealkylation sites (tertiary alicyclic amines) is 4. The molecule has 14 rings (SSSR count). The van der Waals surface area contributed by atoms with E-state index in [1.165, 1.54) is 38.5 Å². The van der Waals surface area contributed by atoms with Crippen molar-refractivity contribution in [1.29, 1.82) is 0 Å². The monoisotopic (exact) mass is 1230 g/mol. The predicted molar refractivity (Wildman–Crippen MR) is 336 cm³/mol. The van der Waals surface area contributed by atoms with E-state index in [9.17, 15) is 39.0 Å². The van der Waals surface area contributed by atoms with Crippen molar-refractivity contribution in [3.05, 3.63) is 139 Å². The van der Waals surface area contributed by atoms with Crippen molar-refractivity contribution >= 4 is 58.3 Å². The third-order valence-electron chi connectivity index (χ3n) is 19.9. The Labute approximate surface area is 522 Å². The van der Waals surface area contributed by atoms with Gasteiger partial charge in [-0.2, -0.15) is 0 Å². The Kier molecular flexibility index (Phi) is 17.2. The molecule has 0 bridgehead atoms. The van der Waals surface area contributed by atoms with Gasteiger partial charge in [-0.1, -0.05) is 38.8 Å². The maximum Gasteiger partial charge on any atom is 0.415 e. The number of hydrogen-bond donors (Lipinski definition) is 2. The maximum atomic E-state index is 13.5. The molecule has 20 nitrogen and oxygen atoms in total. The van der Waals surface area contributed by atoms with Gasteiger partial charge >= 0.3 is 24.1 Å². The number of cyclic esters (lactones) is 2. The van der Waals surface area contributed by atoms with Gasteiger partial charge in [-0.25, -0.2) is 29.1 Å². The number of nitrogens with zero attached hydrogens (tertiary/aromatic N) is 8. The van der Waals surface area contributed by atoms with Gasteiger partial charge in [0.25, 0.3) is 11.1 Å². The van der Waals surface area contributed by atoms with Gasteiger partial charge in [-0.15, -0.1) is 25.6 Å². The molecule has 8 aliphatic heterocycles. The van der Waals surface area contributed by atoms with Crippen molar-refractivity contribution in [1.82, 2.24) is 38.7 Å². The topological polar surface area (TPSA) is 228 Å². The van der Waals surface area contributed by atoms with Crippen molar-refractivity contribution in [2.24, 2.45) is 0 Å². The van der Waals surface area contributed by atoms with Crippen LogP contribution >= 0.6 is 12.4 Å². The molecular formula is C68H77ClN8O12. The molecule has 2 amide bonds. The van der Waals surface area contributed by atoms with Crippen LogP contribution in [0.4, 0.5) is 9.59 Å². The van der Waals surface area contributed by atoms with Crippen LogP contribution in [0.3, 0.4) is 0 Å². The molecule has 2 N–H and O–H groups in total. The molecule has 2 atom stereocenters. The number of rotatable bonds is 10. The number of fused-ring (bicyclic) bond motifs is 10. The molecule has 4 saturated heterocycles. The summed E-state index contributed by atoms with van der Waals surface area (Å²) in [4.78, 5) is 97.3. The summed E-state index contributed by atoms with van der Waals surface area (Å²) in [5.41, 5.74) is 3.82. The van der Waals surface area contributed by atoms with E-state index in [2.05, 4.69) is 23.0 Å². The lowest BCUT2D eigenvalue weighted by atomic mass is 9.86. The van der Waals surface area contributed by atoms with Crippen LogP contribution in [-0.2, 0) is 69.4 Å². The highest BCUT2D eigenvalue weighted by atomic mass is 35.5. The summed E-state index contributed by atoms with van der Waals surface area (Å²) in [6, 6.07) is 15.7. The fraction of sp³-hybridized carbons (Fsp3) is 0.471. The summed E-state index contributed by atoms with van der Waals surface area (Å²) < 4.78 is 25.6. The van der Waals surface area contributed by atoms with Crippen LogP contribution in [0.5, 0.6) is 11.5 Å². The Balaban J connectivity index is 0.000000171. The molecule has 21 heteroatoms. The first-order valence-electron chi connectivity index (χ1n) is 31.5. The minimum absolute atomic E-state index is 0. The molecule has 12 heterocycles. The lowest BCUT2D eigenvalue weighted by Gasteiger charge is -2.39. The Bertz CT molecular complexity index is 3730. The maximum absolute atomic E-state index is 13.5. The molecule has 0 aliphatic carbocycles. The highest BCUT2D eigenvalue weighted by Gasteiger charge is 2.47. The second kappa shape index (κ2) is 24.9. The summed E-state index contributed by atoms with van der Waals surface area (Å²) >= 11 is 0. The number of pyridine rings is 4. The number of amides is 2. The second-order valence-corrected chi connectivity index (χ2v) is 24.8. The Hall–Kier alpha value is -7.75. The Morgan fingerprint density at radius 2 is 0.966 bits per heavy atom. The number of carbonyl (C=O) groups is 4. The van der Waals surface area contributed by atoms with Gasteiger partial charge in [0.05, 0.1) is 58.0 Å². The summed E-state index contributed by atoms with van der Waals surface area (Å²) in [6.45, 7) is 18.8. The molecule has 0 radical (unpaired) electrons. The minimum atomic E-state index is -1.87. The average Bonchev–Trinajstić information content (AvgIpc) is 2.17. The summed E-state index contributed by atoms with van der Waals surface area (Å²) in [7, 11) is 0. The van der Waals surface area contributed by atoms with E-state index in [1.54, 1.807) is 69.2 Å². The number of allylic oxidation sites excluding steroid dienone is 2. The first-order valence-corrected chi connectivity index (χ1v) is 31.5. The highest BCUT2D eigenvalue weighted by molar-refractivity contribution is 5.92. The van der Waals surface area contributed by atoms with Gasteiger partial charge in [-0.3, -0.25) is 9.59 Å². The van der Waals surface area contributed by atoms with E-state index in [-0.39, 0.29) is 84.0 Å². The van der Waals surface area contributed by atoms with E-state index in [0.29, 0.717) is 110 Å². The SMILES string of the molecule is C=CCc1c(OC(=O)N2CCC(N3CCCCC3)CC2)ccc2nc3c(cc12)Cn1c-3cc2c(c1=O)COC(=O)[C@]2(O)CC.C=CCc1c(OC(=O)N2CCC(N3CCCCC3)CC2)ccc2nc3c(cc12)Cn1c-3cc2c(c1=O)COC(=O)[C@]2(O)CC.Cl. The standard InChI is InChI=1S/2C34H38N4O6.ClH/c2*1-3-8-23-24-17-21-19-38-28(18-26-25(31(38)39)20-43-32(40)34(26,42)4-2)30(21)35-27(24)9-10-29(23)44-33(41)37-15-11-22(12-16-37)36-13-6-5-7-14-36;/h2*3,9-10,17-18,22,42H,1,4-8,11-16,19-20H2,2H3;1H/t2*34-;/m00./s1. The van der Waals surface area contributed by atoms with Crippen LogP contribution in [0, 0.1) is 0 Å². The number of carbonyl (C=O) groups excluding carboxylic acids is 4. The Morgan fingerprint density at radius 3 is 1.33 bits per heavy atom. The molecule has 4 fully saturated rings. The van der Waals surface area contributed by atoms with Gasteiger partial charge in [0.2, 0.25) is 0 Å². The number of hydrogen-bond acceptors (Lipinski definition) is 16. The van der Waals surface area contributed by atoms with E-state index in [1.807, 2.05) is 24.3 Å². The van der Waals surface area contributed by atoms with Crippen LogP contribution in [0.1, 0.15) is 135 Å². The molecule has 4 aromatic heterocycles. The molecule has 2 aromatic carbocycles. The van der Waals surface area contributed by atoms with Crippen molar-refractivity contribution in [2.45, 2.75) is 153 Å². The third kappa shape index (κ3) is 10.9. The van der Waals surface area contributed by atoms with Gasteiger partial charge < -0.3 is 57.9 Å². The summed E-state index contributed by atoms with van der Waals surface area (Å²) in [5, 5.41) is 23.9. The molecular weight excluding hydrogens is 1160 g/mol. The first kappa shape index (κ1) is 61.5. The van der Waals surface area contributed by atoms with E-state index < -0.39 is 23.1 Å². The molecule has 468 valence electrons. The Morgan fingerprint density at radius 1 is 0.584 bits per heavy atom. The van der Waals surface area contributed by atoms with Crippen molar-refractivity contribution in [3.63, 3.8) is 0 Å². The zero-order valence-electron chi connectivity index (χ0n) is 50.7. The number of ether oxygens (including phenoxy) is 4. The predicted octanol–water partition coefficient (Wildman–Crippen LogP) is 8.94. The lowest BCUT2D eigenvalue weighted by molar-refractivity contribution is -0.172. The second-order valence-electron chi connectivity index (χ2n) is 24.8. The van der Waals surface area contributed by atoms with E-state index in [0.717, 1.165) is 84.9 Å². The van der Waals surface area contributed by atoms with Crippen LogP contribution in [-0.4, -0.2) is 137 Å². The zero-order valence-corrected chi connectivity index (χ0v) is 51.5. The van der Waals surface area contributed by atoms with Crippen LogP contribution in [0.2, 0.25) is 0 Å². The third-order valence-corrected chi connectivity index (χ3v) is 19.9. The molecule has 0 unspecified atom stereocenters. The van der Waals surface area contributed by atoms with Crippen molar-refractivity contribution in [2.75, 3.05) is 52.4 Å². The van der Waals surface area contributed by atoms with Crippen molar-refractivity contribution < 1.29 is 48.3 Å². The summed E-state index contributed by atoms with van der Waals surface area (Å²) in [6.07, 6.45) is 15.5. The number of esters is 2. The van der Waals surface area contributed by atoms with Crippen LogP contribution < -0.4 is 20.6 Å². The average molecular weight is 1230 g/mol. The first-order chi connectivity index (χ1) is 42.6. The molecule has 0 saturated carbocycles. The van der Waals surface area contributed by atoms with Gasteiger partial charge in [0, 0.05) is 82.4 Å². The van der Waals surface area contributed by atoms with E-state index in [4.69, 9.17) is 28.9 Å². The molecule has 89 heavy (non-hydrogen) atoms. The quantitative estimate of drug-likeness (QED) is 0.0962. The largest absolute Gasteiger partial charge is 0.458 e. The fourth-order valence-corrected chi connectivity index (χ4v) is 14.8. The molecule has 8 aliphatic rings. The number of benzene rings is 2. The fourth-order valence-electron chi connectivity index (χ4n) is 14.8. The number of aliphatic hydroxyl groups is 2. The van der Waals surface area contributed by atoms with Gasteiger partial charge in [-0.05, 0) is 152 Å². The minimum Gasteiger partial charge on any atom is -0.458 e. The van der Waals surface area contributed by atoms with Crippen molar-refractivity contribution in [3.8, 4) is 34.3 Å². The zero-order chi connectivity index (χ0) is 61.2. The molecule has 0 spiro atoms. The summed E-state index contributed by atoms with van der Waals surface area (Å²) in [5.74, 6) is -0.531. The van der Waals surface area contributed by atoms with Gasteiger partial charge in [0.1, 0.15) is 24.7 Å². The smallest absolute Gasteiger partial charge is 0.415 e. The lowest BCUT2D eigenvalue weighted by Crippen LogP contribution is -2.48. The number of aromatic nitrogens is 4. The normalized spacial score (nSPS) is 21.6. The van der Waals surface area contributed by atoms with Crippen LogP contribution in [0.15, 0.2) is 83.4 Å². The van der Waals surface area contributed by atoms with E-state index >= 15 is 0 Å². The highest BCUT2D eigenvalue weighted by Crippen LogP contribution is 2.43. The van der Waals surface area contributed by atoms with Gasteiger partial charge in [0.15, 0.2) is 11.2 Å². The number of halogens is 1. The number of piperidine rings is 4. The molecule has 6 aromatic rings. The van der Waals surface area contributed by atoms with Crippen LogP contribution in [0.25, 0.3) is 44.6 Å².